The molecule has 0 aliphatic carbocycles. The molecule has 2 heterocycles. The van der Waals surface area contributed by atoms with Crippen LogP contribution in [0.25, 0.3) is 11.1 Å². The molecule has 1 amide bonds. The zero-order valence-electron chi connectivity index (χ0n) is 21.3. The number of carbonyl (C=O) groups excluding carboxylic acids is 1. The summed E-state index contributed by atoms with van der Waals surface area (Å²) in [7, 11) is 1.58. The Labute approximate surface area is 209 Å². The monoisotopic (exact) mass is 482 g/mol. The Morgan fingerprint density at radius 1 is 1.14 bits per heavy atom. The highest BCUT2D eigenvalue weighted by molar-refractivity contribution is 5.86. The number of likely N-dealkylation sites (tertiary alicyclic amines) is 1. The Kier molecular flexibility index (Phi) is 8.45. The van der Waals surface area contributed by atoms with Crippen molar-refractivity contribution in [2.45, 2.75) is 76.5 Å². The first-order valence-electron chi connectivity index (χ1n) is 13.0. The molecule has 0 bridgehead atoms. The predicted octanol–water partition coefficient (Wildman–Crippen LogP) is 5.36. The molecule has 0 spiro atoms. The van der Waals surface area contributed by atoms with Crippen molar-refractivity contribution in [3.8, 4) is 16.9 Å². The molecule has 35 heavy (non-hydrogen) atoms. The maximum absolute atomic E-state index is 13.8. The Bertz CT molecular complexity index is 978. The van der Waals surface area contributed by atoms with E-state index in [0.717, 1.165) is 36.9 Å². The molecule has 2 saturated heterocycles. The van der Waals surface area contributed by atoms with Gasteiger partial charge in [0.1, 0.15) is 11.6 Å². The van der Waals surface area contributed by atoms with E-state index in [1.165, 1.54) is 31.4 Å². The van der Waals surface area contributed by atoms with Gasteiger partial charge in [0.15, 0.2) is 5.60 Å². The largest absolute Gasteiger partial charge is 0.496 e. The van der Waals surface area contributed by atoms with Gasteiger partial charge in [0, 0.05) is 43.8 Å². The van der Waals surface area contributed by atoms with E-state index in [4.69, 9.17) is 9.47 Å². The van der Waals surface area contributed by atoms with Crippen LogP contribution < -0.4 is 10.1 Å². The van der Waals surface area contributed by atoms with Crippen molar-refractivity contribution in [3.05, 3.63) is 53.8 Å². The van der Waals surface area contributed by atoms with Crippen LogP contribution in [0.2, 0.25) is 0 Å². The van der Waals surface area contributed by atoms with Gasteiger partial charge in [-0.3, -0.25) is 9.69 Å². The predicted molar refractivity (Wildman–Crippen MR) is 137 cm³/mol. The third kappa shape index (κ3) is 6.04. The number of nitrogens with zero attached hydrogens (tertiary/aromatic N) is 1. The third-order valence-electron chi connectivity index (χ3n) is 7.69. The van der Waals surface area contributed by atoms with E-state index in [1.54, 1.807) is 13.2 Å². The van der Waals surface area contributed by atoms with E-state index >= 15 is 0 Å². The molecule has 2 aliphatic heterocycles. The second kappa shape index (κ2) is 11.5. The minimum absolute atomic E-state index is 0.00869. The fraction of sp³-hybridized carbons (Fsp3) is 0.552. The molecule has 0 radical (unpaired) electrons. The molecule has 6 heteroatoms. The van der Waals surface area contributed by atoms with Crippen LogP contribution in [0.3, 0.4) is 0 Å². The van der Waals surface area contributed by atoms with Gasteiger partial charge in [0.25, 0.3) is 5.91 Å². The molecule has 5 nitrogen and oxygen atoms in total. The molecule has 1 N–H and O–H groups in total. The SMILES string of the molecule is COc1ccc(F)cc1-c1ccc(CC2(C(=O)NCCCN3C(C)CCCC3C)CCCO2)cc1. The standard InChI is InChI=1S/C29H39FN2O3/c1-21-7-4-8-22(2)32(21)17-6-16-31-28(33)29(15-5-18-35-29)20-23-9-11-24(12-10-23)26-19-25(30)13-14-27(26)34-3/h9-14,19,21-22H,4-8,15-18,20H2,1-3H3,(H,31,33). The van der Waals surface area contributed by atoms with E-state index in [0.29, 0.717) is 43.0 Å². The third-order valence-corrected chi connectivity index (χ3v) is 7.69. The number of methoxy groups -OCH3 is 1. The molecule has 2 aliphatic rings. The Balaban J connectivity index is 1.36. The van der Waals surface area contributed by atoms with Crippen LogP contribution in [0, 0.1) is 5.82 Å². The number of hydrogen-bond acceptors (Lipinski definition) is 4. The topological polar surface area (TPSA) is 50.8 Å². The highest BCUT2D eigenvalue weighted by atomic mass is 19.1. The Morgan fingerprint density at radius 2 is 1.89 bits per heavy atom. The summed E-state index contributed by atoms with van der Waals surface area (Å²) >= 11 is 0. The van der Waals surface area contributed by atoms with Gasteiger partial charge in [0.2, 0.25) is 0 Å². The average Bonchev–Trinajstić information content (AvgIpc) is 3.33. The fourth-order valence-electron chi connectivity index (χ4n) is 5.67. The van der Waals surface area contributed by atoms with Crippen LogP contribution in [-0.4, -0.2) is 55.3 Å². The number of benzene rings is 2. The number of hydrogen-bond donors (Lipinski definition) is 1. The lowest BCUT2D eigenvalue weighted by Gasteiger charge is -2.39. The lowest BCUT2D eigenvalue weighted by atomic mass is 9.89. The Morgan fingerprint density at radius 3 is 2.54 bits per heavy atom. The zero-order valence-corrected chi connectivity index (χ0v) is 21.3. The van der Waals surface area contributed by atoms with Gasteiger partial charge in [-0.25, -0.2) is 4.39 Å². The first-order chi connectivity index (χ1) is 16.9. The molecule has 190 valence electrons. The number of halogens is 1. The number of carbonyl (C=O) groups is 1. The van der Waals surface area contributed by atoms with Gasteiger partial charge >= 0.3 is 0 Å². The van der Waals surface area contributed by atoms with Gasteiger partial charge in [-0.15, -0.1) is 0 Å². The summed E-state index contributed by atoms with van der Waals surface area (Å²) in [5.74, 6) is 0.317. The highest BCUT2D eigenvalue weighted by Gasteiger charge is 2.42. The van der Waals surface area contributed by atoms with Crippen molar-refractivity contribution in [2.24, 2.45) is 0 Å². The zero-order chi connectivity index (χ0) is 24.8. The molecular weight excluding hydrogens is 443 g/mol. The van der Waals surface area contributed by atoms with Gasteiger partial charge in [-0.1, -0.05) is 30.7 Å². The van der Waals surface area contributed by atoms with Crippen LogP contribution in [0.15, 0.2) is 42.5 Å². The minimum Gasteiger partial charge on any atom is -0.496 e. The first kappa shape index (κ1) is 25.6. The summed E-state index contributed by atoms with van der Waals surface area (Å²) in [5.41, 5.74) is 1.79. The summed E-state index contributed by atoms with van der Waals surface area (Å²) in [6.45, 7) is 6.91. The molecule has 3 atom stereocenters. The van der Waals surface area contributed by atoms with Crippen molar-refractivity contribution in [1.82, 2.24) is 10.2 Å². The van der Waals surface area contributed by atoms with Gasteiger partial charge in [-0.2, -0.15) is 0 Å². The lowest BCUT2D eigenvalue weighted by molar-refractivity contribution is -0.141. The molecule has 2 fully saturated rings. The molecule has 3 unspecified atom stereocenters. The molecule has 4 rings (SSSR count). The van der Waals surface area contributed by atoms with Gasteiger partial charge < -0.3 is 14.8 Å². The van der Waals surface area contributed by atoms with Gasteiger partial charge in [0.05, 0.1) is 7.11 Å². The van der Waals surface area contributed by atoms with Crippen molar-refractivity contribution >= 4 is 5.91 Å². The number of ether oxygens (including phenoxy) is 2. The maximum atomic E-state index is 13.8. The molecule has 0 saturated carbocycles. The van der Waals surface area contributed by atoms with E-state index in [2.05, 4.69) is 24.1 Å². The quantitative estimate of drug-likeness (QED) is 0.489. The van der Waals surface area contributed by atoms with E-state index in [1.807, 2.05) is 24.3 Å². The summed E-state index contributed by atoms with van der Waals surface area (Å²) in [6, 6.07) is 13.6. The van der Waals surface area contributed by atoms with Crippen molar-refractivity contribution in [2.75, 3.05) is 26.8 Å². The minimum atomic E-state index is -0.816. The summed E-state index contributed by atoms with van der Waals surface area (Å²) in [4.78, 5) is 15.8. The van der Waals surface area contributed by atoms with Crippen LogP contribution in [0.5, 0.6) is 5.75 Å². The molecule has 2 aromatic rings. The number of nitrogens with one attached hydrogen (secondary N) is 1. The summed E-state index contributed by atoms with van der Waals surface area (Å²) in [5, 5.41) is 3.16. The van der Waals surface area contributed by atoms with E-state index in [9.17, 15) is 9.18 Å². The second-order valence-electron chi connectivity index (χ2n) is 10.1. The van der Waals surface area contributed by atoms with Crippen molar-refractivity contribution in [3.63, 3.8) is 0 Å². The number of piperidine rings is 1. The van der Waals surface area contributed by atoms with E-state index in [-0.39, 0.29) is 11.7 Å². The average molecular weight is 483 g/mol. The lowest BCUT2D eigenvalue weighted by Crippen LogP contribution is -2.49. The van der Waals surface area contributed by atoms with Crippen LogP contribution in [0.4, 0.5) is 4.39 Å². The van der Waals surface area contributed by atoms with Crippen molar-refractivity contribution < 1.29 is 18.7 Å². The number of amides is 1. The number of rotatable bonds is 9. The molecule has 0 aromatic heterocycles. The van der Waals surface area contributed by atoms with Crippen LogP contribution in [-0.2, 0) is 16.0 Å². The smallest absolute Gasteiger partial charge is 0.252 e. The summed E-state index contributed by atoms with van der Waals surface area (Å²) < 4.78 is 25.3. The summed E-state index contributed by atoms with van der Waals surface area (Å²) in [6.07, 6.45) is 6.91. The molecule has 2 aromatic carbocycles. The van der Waals surface area contributed by atoms with Gasteiger partial charge in [-0.05, 0) is 75.3 Å². The Hall–Kier alpha value is -2.44. The fourth-order valence-corrected chi connectivity index (χ4v) is 5.67. The highest BCUT2D eigenvalue weighted by Crippen LogP contribution is 2.33. The van der Waals surface area contributed by atoms with Crippen LogP contribution in [0.1, 0.15) is 57.9 Å². The van der Waals surface area contributed by atoms with E-state index < -0.39 is 5.60 Å². The van der Waals surface area contributed by atoms with Crippen LogP contribution >= 0.6 is 0 Å². The normalized spacial score (nSPS) is 24.9. The maximum Gasteiger partial charge on any atom is 0.252 e. The second-order valence-corrected chi connectivity index (χ2v) is 10.1. The van der Waals surface area contributed by atoms with Crippen molar-refractivity contribution in [1.29, 1.82) is 0 Å². The first-order valence-corrected chi connectivity index (χ1v) is 13.0. The molecular formula is C29H39FN2O3.